The van der Waals surface area contributed by atoms with Crippen molar-refractivity contribution in [2.75, 3.05) is 0 Å². The largest absolute Gasteiger partial charge is 0.349 e. The van der Waals surface area contributed by atoms with Gasteiger partial charge in [0.1, 0.15) is 5.82 Å². The standard InChI is InChI=1S/C17H24FNOS/c1-12(14-8-10-15(18)11-9-14)19-17(20)13(2)21-16-6-4-3-5-7-16/h8-13,16H,3-7H2,1-2H3,(H,19,20). The first-order valence-corrected chi connectivity index (χ1v) is 8.72. The molecule has 2 unspecified atom stereocenters. The van der Waals surface area contributed by atoms with Crippen molar-refractivity contribution in [3.63, 3.8) is 0 Å². The van der Waals surface area contributed by atoms with Crippen LogP contribution in [0.1, 0.15) is 57.6 Å². The molecule has 21 heavy (non-hydrogen) atoms. The zero-order valence-electron chi connectivity index (χ0n) is 12.8. The molecule has 2 rings (SSSR count). The normalized spacial score (nSPS) is 19.0. The summed E-state index contributed by atoms with van der Waals surface area (Å²) in [4.78, 5) is 12.3. The predicted octanol–water partition coefficient (Wildman–Crippen LogP) is 4.46. The second-order valence-corrected chi connectivity index (χ2v) is 7.47. The van der Waals surface area contributed by atoms with E-state index in [0.29, 0.717) is 5.25 Å². The number of hydrogen-bond acceptors (Lipinski definition) is 2. The quantitative estimate of drug-likeness (QED) is 0.870. The van der Waals surface area contributed by atoms with Crippen LogP contribution in [-0.4, -0.2) is 16.4 Å². The summed E-state index contributed by atoms with van der Waals surface area (Å²) >= 11 is 1.80. The summed E-state index contributed by atoms with van der Waals surface area (Å²) in [6.07, 6.45) is 6.38. The lowest BCUT2D eigenvalue weighted by atomic mass is 10.0. The van der Waals surface area contributed by atoms with Crippen molar-refractivity contribution < 1.29 is 9.18 Å². The van der Waals surface area contributed by atoms with Gasteiger partial charge in [-0.25, -0.2) is 4.39 Å². The van der Waals surface area contributed by atoms with E-state index in [9.17, 15) is 9.18 Å². The minimum atomic E-state index is -0.251. The fourth-order valence-electron chi connectivity index (χ4n) is 2.72. The Balaban J connectivity index is 1.83. The molecule has 1 saturated carbocycles. The molecule has 2 nitrogen and oxygen atoms in total. The Morgan fingerprint density at radius 1 is 1.19 bits per heavy atom. The van der Waals surface area contributed by atoms with E-state index in [1.807, 2.05) is 13.8 Å². The second-order valence-electron chi connectivity index (χ2n) is 5.82. The molecular formula is C17H24FNOS. The molecule has 1 aliphatic carbocycles. The molecule has 1 aromatic rings. The first kappa shape index (κ1) is 16.3. The van der Waals surface area contributed by atoms with Gasteiger partial charge in [0.05, 0.1) is 11.3 Å². The van der Waals surface area contributed by atoms with Gasteiger partial charge in [0.25, 0.3) is 0 Å². The Hall–Kier alpha value is -1.03. The third-order valence-electron chi connectivity index (χ3n) is 4.05. The van der Waals surface area contributed by atoms with E-state index in [-0.39, 0.29) is 23.0 Å². The molecule has 1 N–H and O–H groups in total. The Morgan fingerprint density at radius 2 is 1.81 bits per heavy atom. The number of carbonyl (C=O) groups is 1. The molecule has 2 atom stereocenters. The van der Waals surface area contributed by atoms with Gasteiger partial charge in [-0.1, -0.05) is 31.4 Å². The Labute approximate surface area is 130 Å². The molecular weight excluding hydrogens is 285 g/mol. The summed E-state index contributed by atoms with van der Waals surface area (Å²) in [5.41, 5.74) is 0.930. The number of hydrogen-bond donors (Lipinski definition) is 1. The maximum Gasteiger partial charge on any atom is 0.233 e. The van der Waals surface area contributed by atoms with Crippen LogP contribution in [0.25, 0.3) is 0 Å². The Morgan fingerprint density at radius 3 is 2.43 bits per heavy atom. The SMILES string of the molecule is CC(SC1CCCCC1)C(=O)NC(C)c1ccc(F)cc1. The lowest BCUT2D eigenvalue weighted by molar-refractivity contribution is -0.120. The molecule has 1 aliphatic rings. The van der Waals surface area contributed by atoms with Crippen molar-refractivity contribution in [3.8, 4) is 0 Å². The number of amides is 1. The van der Waals surface area contributed by atoms with Gasteiger partial charge >= 0.3 is 0 Å². The smallest absolute Gasteiger partial charge is 0.233 e. The Kier molecular flexibility index (Phi) is 6.09. The first-order chi connectivity index (χ1) is 10.1. The highest BCUT2D eigenvalue weighted by Gasteiger charge is 2.22. The van der Waals surface area contributed by atoms with Crippen LogP contribution >= 0.6 is 11.8 Å². The van der Waals surface area contributed by atoms with Gasteiger partial charge in [-0.2, -0.15) is 0 Å². The third kappa shape index (κ3) is 5.03. The topological polar surface area (TPSA) is 29.1 Å². The maximum atomic E-state index is 12.9. The van der Waals surface area contributed by atoms with Crippen LogP contribution in [-0.2, 0) is 4.79 Å². The van der Waals surface area contributed by atoms with Gasteiger partial charge in [-0.05, 0) is 44.4 Å². The summed E-state index contributed by atoms with van der Waals surface area (Å²) in [6.45, 7) is 3.91. The molecule has 0 spiro atoms. The van der Waals surface area contributed by atoms with E-state index >= 15 is 0 Å². The number of benzene rings is 1. The number of carbonyl (C=O) groups excluding carboxylic acids is 1. The molecule has 0 saturated heterocycles. The van der Waals surface area contributed by atoms with Crippen molar-refractivity contribution in [2.24, 2.45) is 0 Å². The molecule has 0 radical (unpaired) electrons. The molecule has 1 fully saturated rings. The predicted molar refractivity (Wildman–Crippen MR) is 86.9 cm³/mol. The third-order valence-corrected chi connectivity index (χ3v) is 5.53. The van der Waals surface area contributed by atoms with Crippen molar-refractivity contribution in [1.29, 1.82) is 0 Å². The molecule has 0 aliphatic heterocycles. The highest BCUT2D eigenvalue weighted by molar-refractivity contribution is 8.01. The van der Waals surface area contributed by atoms with E-state index in [2.05, 4.69) is 5.32 Å². The maximum absolute atomic E-state index is 12.9. The van der Waals surface area contributed by atoms with Crippen LogP contribution in [0.3, 0.4) is 0 Å². The average molecular weight is 309 g/mol. The highest BCUT2D eigenvalue weighted by Crippen LogP contribution is 2.31. The first-order valence-electron chi connectivity index (χ1n) is 7.77. The summed E-state index contributed by atoms with van der Waals surface area (Å²) in [7, 11) is 0. The molecule has 4 heteroatoms. The summed E-state index contributed by atoms with van der Waals surface area (Å²) in [6, 6.07) is 6.21. The van der Waals surface area contributed by atoms with Crippen LogP contribution in [0.2, 0.25) is 0 Å². The lowest BCUT2D eigenvalue weighted by Gasteiger charge is -2.25. The van der Waals surface area contributed by atoms with Gasteiger partial charge in [0, 0.05) is 5.25 Å². The molecule has 0 aromatic heterocycles. The lowest BCUT2D eigenvalue weighted by Crippen LogP contribution is -2.34. The van der Waals surface area contributed by atoms with Crippen LogP contribution in [0.5, 0.6) is 0 Å². The van der Waals surface area contributed by atoms with Gasteiger partial charge in [-0.3, -0.25) is 4.79 Å². The van der Waals surface area contributed by atoms with Crippen molar-refractivity contribution in [3.05, 3.63) is 35.6 Å². The second kappa shape index (κ2) is 7.83. The fraction of sp³-hybridized carbons (Fsp3) is 0.588. The van der Waals surface area contributed by atoms with Gasteiger partial charge in [0.2, 0.25) is 5.91 Å². The highest BCUT2D eigenvalue weighted by atomic mass is 32.2. The van der Waals surface area contributed by atoms with E-state index in [0.717, 1.165) is 5.56 Å². The van der Waals surface area contributed by atoms with Crippen LogP contribution in [0.4, 0.5) is 4.39 Å². The molecule has 1 aromatic carbocycles. The average Bonchev–Trinajstić information content (AvgIpc) is 2.48. The monoisotopic (exact) mass is 309 g/mol. The molecule has 0 bridgehead atoms. The van der Waals surface area contributed by atoms with Gasteiger partial charge in [0.15, 0.2) is 0 Å². The van der Waals surface area contributed by atoms with E-state index in [4.69, 9.17) is 0 Å². The minimum Gasteiger partial charge on any atom is -0.349 e. The van der Waals surface area contributed by atoms with Crippen molar-refractivity contribution in [2.45, 2.75) is 62.5 Å². The number of thioether (sulfide) groups is 1. The van der Waals surface area contributed by atoms with Crippen molar-refractivity contribution >= 4 is 17.7 Å². The van der Waals surface area contributed by atoms with Gasteiger partial charge < -0.3 is 5.32 Å². The molecule has 1 amide bonds. The number of halogens is 1. The van der Waals surface area contributed by atoms with Crippen molar-refractivity contribution in [1.82, 2.24) is 5.32 Å². The molecule has 0 heterocycles. The summed E-state index contributed by atoms with van der Waals surface area (Å²) in [5.74, 6) is -0.180. The minimum absolute atomic E-state index is 0.0315. The van der Waals surface area contributed by atoms with Crippen LogP contribution < -0.4 is 5.32 Å². The number of rotatable bonds is 5. The van der Waals surface area contributed by atoms with E-state index < -0.39 is 0 Å². The summed E-state index contributed by atoms with van der Waals surface area (Å²) in [5, 5.41) is 3.62. The Bertz CT molecular complexity index is 456. The van der Waals surface area contributed by atoms with Crippen LogP contribution in [0, 0.1) is 5.82 Å². The summed E-state index contributed by atoms with van der Waals surface area (Å²) < 4.78 is 12.9. The zero-order chi connectivity index (χ0) is 15.2. The van der Waals surface area contributed by atoms with Gasteiger partial charge in [-0.15, -0.1) is 11.8 Å². The van der Waals surface area contributed by atoms with E-state index in [1.54, 1.807) is 23.9 Å². The molecule has 116 valence electrons. The zero-order valence-corrected chi connectivity index (χ0v) is 13.6. The van der Waals surface area contributed by atoms with Crippen LogP contribution in [0.15, 0.2) is 24.3 Å². The fourth-order valence-corrected chi connectivity index (χ4v) is 4.09. The number of nitrogens with one attached hydrogen (secondary N) is 1. The van der Waals surface area contributed by atoms with E-state index in [1.165, 1.54) is 44.2 Å².